The molecular formula is C14H21NO2S. The number of hydrogen-bond donors (Lipinski definition) is 0. The number of rotatable bonds is 6. The van der Waals surface area contributed by atoms with E-state index in [1.165, 1.54) is 11.3 Å². The molecule has 1 fully saturated rings. The van der Waals surface area contributed by atoms with Crippen LogP contribution in [-0.2, 0) is 10.5 Å². The Bertz CT molecular complexity index is 353. The van der Waals surface area contributed by atoms with Crippen molar-refractivity contribution in [3.63, 3.8) is 0 Å². The van der Waals surface area contributed by atoms with Crippen LogP contribution in [0, 0.1) is 0 Å². The van der Waals surface area contributed by atoms with Crippen molar-refractivity contribution < 1.29 is 9.47 Å². The molecule has 0 unspecified atom stereocenters. The first-order valence-electron chi connectivity index (χ1n) is 6.39. The number of thioether (sulfide) groups is 1. The molecule has 2 rings (SSSR count). The zero-order chi connectivity index (χ0) is 12.6. The number of benzene rings is 1. The Hall–Kier alpha value is -0.710. The average Bonchev–Trinajstić information content (AvgIpc) is 2.45. The Labute approximate surface area is 113 Å². The monoisotopic (exact) mass is 267 g/mol. The van der Waals surface area contributed by atoms with Crippen molar-refractivity contribution in [1.29, 1.82) is 0 Å². The Kier molecular flexibility index (Phi) is 5.84. The van der Waals surface area contributed by atoms with Crippen LogP contribution >= 0.6 is 11.8 Å². The smallest absolute Gasteiger partial charge is 0.119 e. The fourth-order valence-corrected chi connectivity index (χ4v) is 2.92. The van der Waals surface area contributed by atoms with Gasteiger partial charge in [-0.25, -0.2) is 0 Å². The number of methoxy groups -OCH3 is 1. The van der Waals surface area contributed by atoms with Gasteiger partial charge in [-0.3, -0.25) is 4.90 Å². The maximum atomic E-state index is 5.34. The third-order valence-electron chi connectivity index (χ3n) is 3.06. The molecule has 1 aromatic carbocycles. The summed E-state index contributed by atoms with van der Waals surface area (Å²) in [6.07, 6.45) is 0. The van der Waals surface area contributed by atoms with E-state index < -0.39 is 0 Å². The van der Waals surface area contributed by atoms with Crippen LogP contribution in [0.15, 0.2) is 24.3 Å². The Balaban J connectivity index is 1.65. The summed E-state index contributed by atoms with van der Waals surface area (Å²) < 4.78 is 10.6. The van der Waals surface area contributed by atoms with Gasteiger partial charge in [0.25, 0.3) is 0 Å². The highest BCUT2D eigenvalue weighted by atomic mass is 32.2. The third-order valence-corrected chi connectivity index (χ3v) is 4.07. The highest BCUT2D eigenvalue weighted by molar-refractivity contribution is 7.98. The summed E-state index contributed by atoms with van der Waals surface area (Å²) in [6.45, 7) is 5.11. The van der Waals surface area contributed by atoms with Gasteiger partial charge in [0.15, 0.2) is 0 Å². The molecule has 0 atom stereocenters. The van der Waals surface area contributed by atoms with E-state index in [-0.39, 0.29) is 0 Å². The lowest BCUT2D eigenvalue weighted by atomic mass is 10.2. The highest BCUT2D eigenvalue weighted by Crippen LogP contribution is 2.17. The number of ether oxygens (including phenoxy) is 2. The molecule has 1 heterocycles. The van der Waals surface area contributed by atoms with Crippen molar-refractivity contribution in [3.05, 3.63) is 29.8 Å². The van der Waals surface area contributed by atoms with Crippen molar-refractivity contribution in [2.24, 2.45) is 0 Å². The van der Waals surface area contributed by atoms with Crippen molar-refractivity contribution in [2.45, 2.75) is 5.75 Å². The minimum atomic E-state index is 0.889. The summed E-state index contributed by atoms with van der Waals surface area (Å²) in [5.74, 6) is 3.18. The molecule has 0 aromatic heterocycles. The molecule has 3 nitrogen and oxygen atoms in total. The Morgan fingerprint density at radius 3 is 2.94 bits per heavy atom. The van der Waals surface area contributed by atoms with E-state index in [1.54, 1.807) is 7.11 Å². The number of nitrogens with zero attached hydrogens (tertiary/aromatic N) is 1. The molecule has 18 heavy (non-hydrogen) atoms. The van der Waals surface area contributed by atoms with E-state index in [1.807, 2.05) is 17.8 Å². The zero-order valence-electron chi connectivity index (χ0n) is 10.9. The van der Waals surface area contributed by atoms with Crippen molar-refractivity contribution >= 4 is 11.8 Å². The van der Waals surface area contributed by atoms with Crippen LogP contribution < -0.4 is 4.74 Å². The Morgan fingerprint density at radius 2 is 2.17 bits per heavy atom. The van der Waals surface area contributed by atoms with Gasteiger partial charge in [0.2, 0.25) is 0 Å². The second-order valence-corrected chi connectivity index (χ2v) is 5.46. The molecule has 0 radical (unpaired) electrons. The fourth-order valence-electron chi connectivity index (χ4n) is 1.97. The van der Waals surface area contributed by atoms with Gasteiger partial charge in [0.1, 0.15) is 5.75 Å². The van der Waals surface area contributed by atoms with E-state index in [0.717, 1.165) is 44.4 Å². The molecule has 0 bridgehead atoms. The first-order valence-corrected chi connectivity index (χ1v) is 7.55. The van der Waals surface area contributed by atoms with Gasteiger partial charge in [-0.15, -0.1) is 0 Å². The van der Waals surface area contributed by atoms with Gasteiger partial charge in [0, 0.05) is 31.1 Å². The lowest BCUT2D eigenvalue weighted by Gasteiger charge is -2.26. The summed E-state index contributed by atoms with van der Waals surface area (Å²) in [4.78, 5) is 2.47. The van der Waals surface area contributed by atoms with Gasteiger partial charge < -0.3 is 9.47 Å². The van der Waals surface area contributed by atoms with E-state index in [2.05, 4.69) is 23.1 Å². The number of morpholine rings is 1. The molecule has 0 spiro atoms. The van der Waals surface area contributed by atoms with Gasteiger partial charge in [-0.2, -0.15) is 11.8 Å². The highest BCUT2D eigenvalue weighted by Gasteiger charge is 2.09. The summed E-state index contributed by atoms with van der Waals surface area (Å²) in [5, 5.41) is 0. The van der Waals surface area contributed by atoms with E-state index in [9.17, 15) is 0 Å². The van der Waals surface area contributed by atoms with Crippen LogP contribution in [0.5, 0.6) is 5.75 Å². The molecule has 100 valence electrons. The summed E-state index contributed by atoms with van der Waals surface area (Å²) >= 11 is 1.98. The molecule has 4 heteroatoms. The standard InChI is InChI=1S/C14H21NO2S/c1-16-14-4-2-3-13(11-14)12-18-10-7-15-5-8-17-9-6-15/h2-4,11H,5-10,12H2,1H3. The molecule has 0 N–H and O–H groups in total. The van der Waals surface area contributed by atoms with E-state index in [4.69, 9.17) is 9.47 Å². The zero-order valence-corrected chi connectivity index (χ0v) is 11.7. The van der Waals surface area contributed by atoms with Gasteiger partial charge >= 0.3 is 0 Å². The van der Waals surface area contributed by atoms with Crippen molar-refractivity contribution in [3.8, 4) is 5.75 Å². The van der Waals surface area contributed by atoms with Crippen LogP contribution in [0.3, 0.4) is 0 Å². The summed E-state index contributed by atoms with van der Waals surface area (Å²) in [5.41, 5.74) is 1.33. The minimum Gasteiger partial charge on any atom is -0.497 e. The topological polar surface area (TPSA) is 21.7 Å². The second-order valence-electron chi connectivity index (χ2n) is 4.36. The van der Waals surface area contributed by atoms with Crippen LogP contribution in [0.25, 0.3) is 0 Å². The SMILES string of the molecule is COc1cccc(CSCCN2CCOCC2)c1. The third kappa shape index (κ3) is 4.52. The van der Waals surface area contributed by atoms with Crippen LogP contribution in [0.4, 0.5) is 0 Å². The van der Waals surface area contributed by atoms with Gasteiger partial charge in [-0.05, 0) is 17.7 Å². The summed E-state index contributed by atoms with van der Waals surface area (Å²) in [6, 6.07) is 8.31. The predicted octanol–water partition coefficient (Wildman–Crippen LogP) is 2.26. The molecule has 0 saturated carbocycles. The average molecular weight is 267 g/mol. The van der Waals surface area contributed by atoms with Gasteiger partial charge in [0.05, 0.1) is 20.3 Å². The largest absolute Gasteiger partial charge is 0.497 e. The first kappa shape index (κ1) is 13.7. The van der Waals surface area contributed by atoms with Crippen molar-refractivity contribution in [1.82, 2.24) is 4.90 Å². The predicted molar refractivity (Wildman–Crippen MR) is 76.4 cm³/mol. The molecule has 1 aliphatic heterocycles. The fraction of sp³-hybridized carbons (Fsp3) is 0.571. The minimum absolute atomic E-state index is 0.889. The first-order chi connectivity index (χ1) is 8.88. The van der Waals surface area contributed by atoms with Gasteiger partial charge in [-0.1, -0.05) is 12.1 Å². The molecule has 0 amide bonds. The maximum absolute atomic E-state index is 5.34. The molecule has 1 saturated heterocycles. The Morgan fingerprint density at radius 1 is 1.33 bits per heavy atom. The van der Waals surface area contributed by atoms with Crippen LogP contribution in [-0.4, -0.2) is 50.6 Å². The number of hydrogen-bond acceptors (Lipinski definition) is 4. The van der Waals surface area contributed by atoms with E-state index >= 15 is 0 Å². The molecule has 1 aromatic rings. The summed E-state index contributed by atoms with van der Waals surface area (Å²) in [7, 11) is 1.71. The van der Waals surface area contributed by atoms with Crippen LogP contribution in [0.2, 0.25) is 0 Å². The lowest BCUT2D eigenvalue weighted by Crippen LogP contribution is -2.37. The molecule has 0 aliphatic carbocycles. The van der Waals surface area contributed by atoms with E-state index in [0.29, 0.717) is 0 Å². The lowest BCUT2D eigenvalue weighted by molar-refractivity contribution is 0.0410. The maximum Gasteiger partial charge on any atom is 0.119 e. The van der Waals surface area contributed by atoms with Crippen molar-refractivity contribution in [2.75, 3.05) is 45.7 Å². The second kappa shape index (κ2) is 7.67. The normalized spacial score (nSPS) is 16.7. The quantitative estimate of drug-likeness (QED) is 0.737. The molecular weight excluding hydrogens is 246 g/mol. The molecule has 1 aliphatic rings. The van der Waals surface area contributed by atoms with Crippen LogP contribution in [0.1, 0.15) is 5.56 Å².